The summed E-state index contributed by atoms with van der Waals surface area (Å²) in [5.74, 6) is 0. The first-order valence-corrected chi connectivity index (χ1v) is 4.56. The smallest absolute Gasteiger partial charge is 0.410 e. The van der Waals surface area contributed by atoms with Crippen molar-refractivity contribution < 1.29 is 14.3 Å². The Morgan fingerprint density at radius 3 is 2.46 bits per heavy atom. The third kappa shape index (κ3) is 5.47. The monoisotopic (exact) mass is 189 g/mol. The number of amides is 1. The van der Waals surface area contributed by atoms with Crippen LogP contribution in [0.1, 0.15) is 20.8 Å². The molecule has 0 heterocycles. The molecule has 0 aromatic carbocycles. The van der Waals surface area contributed by atoms with Crippen molar-refractivity contribution in [3.8, 4) is 0 Å². The van der Waals surface area contributed by atoms with Crippen molar-refractivity contribution in [3.05, 3.63) is 0 Å². The predicted molar refractivity (Wildman–Crippen MR) is 50.7 cm³/mol. The van der Waals surface area contributed by atoms with E-state index in [9.17, 15) is 4.79 Å². The topological polar surface area (TPSA) is 38.8 Å². The van der Waals surface area contributed by atoms with Gasteiger partial charge >= 0.3 is 6.09 Å². The molecule has 0 aromatic heterocycles. The molecule has 0 saturated heterocycles. The van der Waals surface area contributed by atoms with Crippen LogP contribution in [0, 0.1) is 0 Å². The van der Waals surface area contributed by atoms with E-state index in [0.717, 1.165) is 0 Å². The molecule has 0 N–H and O–H groups in total. The minimum atomic E-state index is -0.269. The fourth-order valence-corrected chi connectivity index (χ4v) is 0.856. The summed E-state index contributed by atoms with van der Waals surface area (Å²) < 4.78 is 9.91. The van der Waals surface area contributed by atoms with Gasteiger partial charge in [0.2, 0.25) is 0 Å². The summed E-state index contributed by atoms with van der Waals surface area (Å²) in [6, 6.07) is 0. The highest BCUT2D eigenvalue weighted by molar-refractivity contribution is 5.67. The Morgan fingerprint density at radius 1 is 1.46 bits per heavy atom. The van der Waals surface area contributed by atoms with E-state index in [1.54, 1.807) is 12.0 Å². The van der Waals surface area contributed by atoms with Gasteiger partial charge < -0.3 is 14.4 Å². The number of carbonyl (C=O) groups is 1. The van der Waals surface area contributed by atoms with Crippen LogP contribution in [-0.4, -0.2) is 43.9 Å². The molecular formula is C9H19NO3. The van der Waals surface area contributed by atoms with E-state index >= 15 is 0 Å². The highest BCUT2D eigenvalue weighted by Crippen LogP contribution is 1.97. The lowest BCUT2D eigenvalue weighted by Gasteiger charge is -2.21. The van der Waals surface area contributed by atoms with Crippen LogP contribution in [0.15, 0.2) is 0 Å². The fraction of sp³-hybridized carbons (Fsp3) is 0.889. The average molecular weight is 189 g/mol. The van der Waals surface area contributed by atoms with Gasteiger partial charge in [0.05, 0.1) is 12.7 Å². The number of hydrogen-bond acceptors (Lipinski definition) is 3. The second-order valence-electron chi connectivity index (χ2n) is 3.00. The van der Waals surface area contributed by atoms with Crippen LogP contribution < -0.4 is 0 Å². The van der Waals surface area contributed by atoms with Crippen LogP contribution in [0.3, 0.4) is 0 Å². The van der Waals surface area contributed by atoms with Crippen molar-refractivity contribution in [1.29, 1.82) is 0 Å². The number of likely N-dealkylation sites (N-methyl/N-ethyl adjacent to an activating group) is 1. The molecule has 0 unspecified atom stereocenters. The molecule has 13 heavy (non-hydrogen) atoms. The molecule has 0 rings (SSSR count). The van der Waals surface area contributed by atoms with Crippen LogP contribution in [0.4, 0.5) is 4.79 Å². The minimum absolute atomic E-state index is 0.0657. The van der Waals surface area contributed by atoms with Gasteiger partial charge in [0.15, 0.2) is 0 Å². The molecule has 0 fully saturated rings. The van der Waals surface area contributed by atoms with Crippen LogP contribution in [0.5, 0.6) is 0 Å². The molecule has 0 aliphatic heterocycles. The number of ether oxygens (including phenoxy) is 2. The van der Waals surface area contributed by atoms with Crippen molar-refractivity contribution in [2.45, 2.75) is 26.9 Å². The first-order chi connectivity index (χ1) is 6.11. The molecule has 0 aliphatic rings. The van der Waals surface area contributed by atoms with Gasteiger partial charge in [-0.25, -0.2) is 4.79 Å². The van der Waals surface area contributed by atoms with E-state index in [1.807, 2.05) is 20.8 Å². The Balaban J connectivity index is 3.84. The average Bonchev–Trinajstić information content (AvgIpc) is 2.04. The molecule has 0 aromatic rings. The molecule has 0 radical (unpaired) electrons. The van der Waals surface area contributed by atoms with Gasteiger partial charge in [0.25, 0.3) is 0 Å². The van der Waals surface area contributed by atoms with Crippen molar-refractivity contribution in [2.24, 2.45) is 0 Å². The second kappa shape index (κ2) is 6.71. The molecule has 0 spiro atoms. The third-order valence-electron chi connectivity index (χ3n) is 1.54. The van der Waals surface area contributed by atoms with Gasteiger partial charge in [-0.05, 0) is 20.8 Å². The Labute approximate surface area is 79.8 Å². The van der Waals surface area contributed by atoms with E-state index in [-0.39, 0.29) is 12.2 Å². The van der Waals surface area contributed by atoms with Gasteiger partial charge in [-0.3, -0.25) is 0 Å². The number of rotatable bonds is 5. The van der Waals surface area contributed by atoms with Gasteiger partial charge in [0.1, 0.15) is 0 Å². The largest absolute Gasteiger partial charge is 0.447 e. The van der Waals surface area contributed by atoms with Crippen LogP contribution >= 0.6 is 0 Å². The van der Waals surface area contributed by atoms with Crippen molar-refractivity contribution >= 4 is 6.09 Å². The van der Waals surface area contributed by atoms with Crippen LogP contribution in [0.2, 0.25) is 0 Å². The first-order valence-electron chi connectivity index (χ1n) is 4.56. The summed E-state index contributed by atoms with van der Waals surface area (Å²) in [6.07, 6.45) is -0.335. The summed E-state index contributed by atoms with van der Waals surface area (Å²) in [7, 11) is 1.61. The lowest BCUT2D eigenvalue weighted by atomic mass is 10.5. The highest BCUT2D eigenvalue weighted by Gasteiger charge is 2.13. The minimum Gasteiger partial charge on any atom is -0.447 e. The lowest BCUT2D eigenvalue weighted by molar-refractivity contribution is 0.0682. The lowest BCUT2D eigenvalue weighted by Crippen LogP contribution is -2.35. The van der Waals surface area contributed by atoms with E-state index in [1.165, 1.54) is 0 Å². The summed E-state index contributed by atoms with van der Waals surface area (Å²) in [5, 5.41) is 0. The third-order valence-corrected chi connectivity index (χ3v) is 1.54. The van der Waals surface area contributed by atoms with Gasteiger partial charge in [-0.2, -0.15) is 0 Å². The Morgan fingerprint density at radius 2 is 2.08 bits per heavy atom. The standard InChI is InChI=1S/C9H19NO3/c1-5-10(6-7-12-4)9(11)13-8(2)3/h8H,5-7H2,1-4H3. The maximum Gasteiger partial charge on any atom is 0.410 e. The molecule has 1 amide bonds. The molecule has 4 nitrogen and oxygen atoms in total. The fourth-order valence-electron chi connectivity index (χ4n) is 0.856. The van der Waals surface area contributed by atoms with Crippen LogP contribution in [0.25, 0.3) is 0 Å². The van der Waals surface area contributed by atoms with Crippen molar-refractivity contribution in [3.63, 3.8) is 0 Å². The zero-order chi connectivity index (χ0) is 10.3. The molecule has 0 aliphatic carbocycles. The SMILES string of the molecule is CCN(CCOC)C(=O)OC(C)C. The normalized spacial score (nSPS) is 10.2. The number of methoxy groups -OCH3 is 1. The first kappa shape index (κ1) is 12.2. The molecule has 4 heteroatoms. The summed E-state index contributed by atoms with van der Waals surface area (Å²) >= 11 is 0. The Kier molecular flexibility index (Phi) is 6.32. The number of hydrogen-bond donors (Lipinski definition) is 0. The zero-order valence-electron chi connectivity index (χ0n) is 8.87. The predicted octanol–water partition coefficient (Wildman–Crippen LogP) is 1.50. The summed E-state index contributed by atoms with van der Waals surface area (Å²) in [6.45, 7) is 7.36. The number of nitrogens with zero attached hydrogens (tertiary/aromatic N) is 1. The van der Waals surface area contributed by atoms with Crippen molar-refractivity contribution in [2.75, 3.05) is 26.8 Å². The van der Waals surface area contributed by atoms with E-state index in [0.29, 0.717) is 19.7 Å². The summed E-state index contributed by atoms with van der Waals surface area (Å²) in [4.78, 5) is 13.0. The number of carbonyl (C=O) groups excluding carboxylic acids is 1. The highest BCUT2D eigenvalue weighted by atomic mass is 16.6. The van der Waals surface area contributed by atoms with Gasteiger partial charge in [-0.15, -0.1) is 0 Å². The molecule has 78 valence electrons. The van der Waals surface area contributed by atoms with Gasteiger partial charge in [0, 0.05) is 20.2 Å². The second-order valence-corrected chi connectivity index (χ2v) is 3.00. The maximum absolute atomic E-state index is 11.3. The quantitative estimate of drug-likeness (QED) is 0.658. The molecule has 0 bridgehead atoms. The van der Waals surface area contributed by atoms with E-state index in [4.69, 9.17) is 9.47 Å². The van der Waals surface area contributed by atoms with Crippen LogP contribution in [-0.2, 0) is 9.47 Å². The van der Waals surface area contributed by atoms with E-state index < -0.39 is 0 Å². The Hall–Kier alpha value is -0.770. The van der Waals surface area contributed by atoms with E-state index in [2.05, 4.69) is 0 Å². The molecule has 0 saturated carbocycles. The van der Waals surface area contributed by atoms with Crippen molar-refractivity contribution in [1.82, 2.24) is 4.90 Å². The van der Waals surface area contributed by atoms with Gasteiger partial charge in [-0.1, -0.05) is 0 Å². The Bertz CT molecular complexity index is 148. The molecule has 0 atom stereocenters. The zero-order valence-corrected chi connectivity index (χ0v) is 8.87. The summed E-state index contributed by atoms with van der Waals surface area (Å²) in [5.41, 5.74) is 0. The molecular weight excluding hydrogens is 170 g/mol. The maximum atomic E-state index is 11.3.